The maximum Gasteiger partial charge on any atom is 0.255 e. The summed E-state index contributed by atoms with van der Waals surface area (Å²) in [6.45, 7) is 7.01. The molecule has 0 fully saturated rings. The number of hydrogen-bond donors (Lipinski definition) is 1. The summed E-state index contributed by atoms with van der Waals surface area (Å²) < 4.78 is 5.77. The maximum absolute atomic E-state index is 12.4. The molecule has 0 saturated carbocycles. The fraction of sp³-hybridized carbons (Fsp3) is 0.435. The number of nitrogens with one attached hydrogen (secondary N) is 1. The van der Waals surface area contributed by atoms with E-state index in [-0.39, 0.29) is 5.91 Å². The Kier molecular flexibility index (Phi) is 8.20. The van der Waals surface area contributed by atoms with Gasteiger partial charge in [0.1, 0.15) is 5.75 Å². The molecule has 1 N–H and O–H groups in total. The van der Waals surface area contributed by atoms with Crippen molar-refractivity contribution < 1.29 is 9.53 Å². The molecule has 0 radical (unpaired) electrons. The van der Waals surface area contributed by atoms with E-state index in [1.165, 1.54) is 37.7 Å². The molecule has 0 saturated heterocycles. The molecule has 0 spiro atoms. The summed E-state index contributed by atoms with van der Waals surface area (Å²) in [7, 11) is 0. The van der Waals surface area contributed by atoms with Gasteiger partial charge in [-0.2, -0.15) is 0 Å². The number of carbonyl (C=O) groups is 1. The molecule has 0 aliphatic heterocycles. The Hall–Kier alpha value is -2.29. The number of ether oxygens (including phenoxy) is 1. The molecule has 0 aliphatic carbocycles. The van der Waals surface area contributed by atoms with Gasteiger partial charge in [-0.1, -0.05) is 56.7 Å². The minimum absolute atomic E-state index is 0.0978. The standard InChI is InChI=1S/C23H31NO2/c1-4-5-6-7-8-9-16-26-21-13-11-20(12-14-21)23(25)24-22-15-10-18(2)17-19(22)3/h10-15,17H,4-9,16H2,1-3H3,(H,24,25). The quantitative estimate of drug-likeness (QED) is 0.509. The summed E-state index contributed by atoms with van der Waals surface area (Å²) in [4.78, 5) is 12.4. The number of aryl methyl sites for hydroxylation is 2. The zero-order valence-electron chi connectivity index (χ0n) is 16.3. The van der Waals surface area contributed by atoms with E-state index in [9.17, 15) is 4.79 Å². The van der Waals surface area contributed by atoms with Gasteiger partial charge in [-0.25, -0.2) is 0 Å². The molecule has 0 heterocycles. The van der Waals surface area contributed by atoms with Gasteiger partial charge in [-0.3, -0.25) is 4.79 Å². The zero-order chi connectivity index (χ0) is 18.8. The van der Waals surface area contributed by atoms with E-state index in [1.807, 2.05) is 50.2 Å². The van der Waals surface area contributed by atoms with Crippen LogP contribution in [0.25, 0.3) is 0 Å². The lowest BCUT2D eigenvalue weighted by Gasteiger charge is -2.10. The predicted octanol–water partition coefficient (Wildman–Crippen LogP) is 6.30. The summed E-state index contributed by atoms with van der Waals surface area (Å²) >= 11 is 0. The van der Waals surface area contributed by atoms with Crippen molar-refractivity contribution in [3.63, 3.8) is 0 Å². The molecule has 3 nitrogen and oxygen atoms in total. The molecule has 0 atom stereocenters. The average Bonchev–Trinajstić information content (AvgIpc) is 2.64. The highest BCUT2D eigenvalue weighted by Gasteiger charge is 2.08. The molecule has 26 heavy (non-hydrogen) atoms. The van der Waals surface area contributed by atoms with Crippen molar-refractivity contribution in [3.05, 3.63) is 59.2 Å². The first-order valence-corrected chi connectivity index (χ1v) is 9.71. The minimum Gasteiger partial charge on any atom is -0.494 e. The van der Waals surface area contributed by atoms with E-state index in [0.717, 1.165) is 30.0 Å². The highest BCUT2D eigenvalue weighted by molar-refractivity contribution is 6.04. The lowest BCUT2D eigenvalue weighted by Crippen LogP contribution is -2.12. The molecular weight excluding hydrogens is 322 g/mol. The van der Waals surface area contributed by atoms with Crippen molar-refractivity contribution in [2.24, 2.45) is 0 Å². The summed E-state index contributed by atoms with van der Waals surface area (Å²) in [6.07, 6.45) is 7.51. The summed E-state index contributed by atoms with van der Waals surface area (Å²) in [5, 5.41) is 2.97. The lowest BCUT2D eigenvalue weighted by molar-refractivity contribution is 0.102. The van der Waals surface area contributed by atoms with Crippen LogP contribution < -0.4 is 10.1 Å². The molecule has 1 amide bonds. The maximum atomic E-state index is 12.4. The average molecular weight is 354 g/mol. The van der Waals surface area contributed by atoms with Crippen LogP contribution in [0.15, 0.2) is 42.5 Å². The van der Waals surface area contributed by atoms with Gasteiger partial charge in [0, 0.05) is 11.3 Å². The Morgan fingerprint density at radius 1 is 0.923 bits per heavy atom. The van der Waals surface area contributed by atoms with Crippen molar-refractivity contribution in [1.82, 2.24) is 0 Å². The van der Waals surface area contributed by atoms with Crippen LogP contribution in [-0.4, -0.2) is 12.5 Å². The normalized spacial score (nSPS) is 10.6. The van der Waals surface area contributed by atoms with Gasteiger partial charge < -0.3 is 10.1 Å². The summed E-state index contributed by atoms with van der Waals surface area (Å²) in [5.74, 6) is 0.723. The van der Waals surface area contributed by atoms with Gasteiger partial charge in [0.25, 0.3) is 5.91 Å². The van der Waals surface area contributed by atoms with Crippen molar-refractivity contribution in [1.29, 1.82) is 0 Å². The van der Waals surface area contributed by atoms with Gasteiger partial charge in [0.15, 0.2) is 0 Å². The van der Waals surface area contributed by atoms with Crippen molar-refractivity contribution in [3.8, 4) is 5.75 Å². The molecule has 0 aliphatic rings. The Labute approximate surface area is 157 Å². The number of benzene rings is 2. The zero-order valence-corrected chi connectivity index (χ0v) is 16.3. The van der Waals surface area contributed by atoms with Crippen LogP contribution in [-0.2, 0) is 0 Å². The fourth-order valence-corrected chi connectivity index (χ4v) is 2.92. The second-order valence-electron chi connectivity index (χ2n) is 6.91. The molecule has 3 heteroatoms. The van der Waals surface area contributed by atoms with Crippen LogP contribution in [0.4, 0.5) is 5.69 Å². The minimum atomic E-state index is -0.0978. The van der Waals surface area contributed by atoms with Crippen LogP contribution in [0.5, 0.6) is 5.75 Å². The Balaban J connectivity index is 1.78. The Morgan fingerprint density at radius 2 is 1.62 bits per heavy atom. The highest BCUT2D eigenvalue weighted by atomic mass is 16.5. The SMILES string of the molecule is CCCCCCCCOc1ccc(C(=O)Nc2ccc(C)cc2C)cc1. The fourth-order valence-electron chi connectivity index (χ4n) is 2.92. The smallest absolute Gasteiger partial charge is 0.255 e. The van der Waals surface area contributed by atoms with E-state index in [1.54, 1.807) is 0 Å². The largest absolute Gasteiger partial charge is 0.494 e. The molecule has 2 aromatic rings. The third kappa shape index (κ3) is 6.55. The number of amides is 1. The van der Waals surface area contributed by atoms with Gasteiger partial charge in [0.2, 0.25) is 0 Å². The second-order valence-corrected chi connectivity index (χ2v) is 6.91. The Bertz CT molecular complexity index is 692. The highest BCUT2D eigenvalue weighted by Crippen LogP contribution is 2.18. The molecule has 2 aromatic carbocycles. The van der Waals surface area contributed by atoms with Gasteiger partial charge in [-0.15, -0.1) is 0 Å². The van der Waals surface area contributed by atoms with E-state index in [2.05, 4.69) is 18.3 Å². The third-order valence-electron chi connectivity index (χ3n) is 4.51. The molecule has 0 bridgehead atoms. The monoisotopic (exact) mass is 353 g/mol. The van der Waals surface area contributed by atoms with Crippen LogP contribution in [0.1, 0.15) is 66.9 Å². The number of rotatable bonds is 10. The van der Waals surface area contributed by atoms with Gasteiger partial charge in [-0.05, 0) is 56.2 Å². The van der Waals surface area contributed by atoms with Gasteiger partial charge >= 0.3 is 0 Å². The Morgan fingerprint density at radius 3 is 2.31 bits per heavy atom. The first kappa shape index (κ1) is 20.0. The number of hydrogen-bond acceptors (Lipinski definition) is 2. The van der Waals surface area contributed by atoms with Crippen LogP contribution >= 0.6 is 0 Å². The molecule has 0 aromatic heterocycles. The van der Waals surface area contributed by atoms with Crippen LogP contribution in [0.3, 0.4) is 0 Å². The number of unbranched alkanes of at least 4 members (excludes halogenated alkanes) is 5. The topological polar surface area (TPSA) is 38.3 Å². The summed E-state index contributed by atoms with van der Waals surface area (Å²) in [5.41, 5.74) is 3.74. The first-order chi connectivity index (χ1) is 12.6. The summed E-state index contributed by atoms with van der Waals surface area (Å²) in [6, 6.07) is 13.4. The van der Waals surface area contributed by atoms with Crippen molar-refractivity contribution >= 4 is 11.6 Å². The van der Waals surface area contributed by atoms with E-state index in [4.69, 9.17) is 4.74 Å². The van der Waals surface area contributed by atoms with E-state index >= 15 is 0 Å². The van der Waals surface area contributed by atoms with Crippen molar-refractivity contribution in [2.75, 3.05) is 11.9 Å². The number of carbonyl (C=O) groups excluding carboxylic acids is 1. The number of anilines is 1. The second kappa shape index (κ2) is 10.6. The molecule has 0 unspecified atom stereocenters. The lowest BCUT2D eigenvalue weighted by atomic mass is 10.1. The predicted molar refractivity (Wildman–Crippen MR) is 109 cm³/mol. The third-order valence-corrected chi connectivity index (χ3v) is 4.51. The molecule has 2 rings (SSSR count). The molecular formula is C23H31NO2. The van der Waals surface area contributed by atoms with Gasteiger partial charge in [0.05, 0.1) is 6.61 Å². The van der Waals surface area contributed by atoms with E-state index < -0.39 is 0 Å². The van der Waals surface area contributed by atoms with E-state index in [0.29, 0.717) is 5.56 Å². The van der Waals surface area contributed by atoms with Crippen molar-refractivity contribution in [2.45, 2.75) is 59.3 Å². The first-order valence-electron chi connectivity index (χ1n) is 9.71. The van der Waals surface area contributed by atoms with Crippen LogP contribution in [0, 0.1) is 13.8 Å². The molecule has 140 valence electrons. The van der Waals surface area contributed by atoms with Crippen LogP contribution in [0.2, 0.25) is 0 Å².